The van der Waals surface area contributed by atoms with Gasteiger partial charge < -0.3 is 37.2 Å². The second kappa shape index (κ2) is 17.9. The van der Waals surface area contributed by atoms with Crippen molar-refractivity contribution >= 4 is 11.8 Å². The molecule has 0 aromatic carbocycles. The zero-order valence-corrected chi connectivity index (χ0v) is 18.1. The van der Waals surface area contributed by atoms with Crippen LogP contribution in [0.1, 0.15) is 55.5 Å². The summed E-state index contributed by atoms with van der Waals surface area (Å²) in [5.41, 5.74) is 11.4. The summed E-state index contributed by atoms with van der Waals surface area (Å²) in [5, 5.41) is 12.4. The summed E-state index contributed by atoms with van der Waals surface area (Å²) in [6, 6.07) is 2.79. The van der Waals surface area contributed by atoms with Crippen LogP contribution in [0.25, 0.3) is 0 Å². The Hall–Kier alpha value is -1.94. The molecule has 2 amide bonds. The van der Waals surface area contributed by atoms with Crippen LogP contribution < -0.4 is 32.7 Å². The molecule has 1 heterocycles. The van der Waals surface area contributed by atoms with Crippen LogP contribution in [0.15, 0.2) is 22.8 Å². The first-order chi connectivity index (χ1) is 14.6. The van der Waals surface area contributed by atoms with E-state index in [1.54, 1.807) is 12.1 Å². The summed E-state index contributed by atoms with van der Waals surface area (Å²) in [6.45, 7) is 5.79. The van der Waals surface area contributed by atoms with Gasteiger partial charge in [0.05, 0.1) is 12.3 Å². The molecule has 0 saturated heterocycles. The monoisotopic (exact) mass is 424 g/mol. The summed E-state index contributed by atoms with van der Waals surface area (Å²) >= 11 is 0. The van der Waals surface area contributed by atoms with Crippen LogP contribution in [-0.2, 0) is 4.79 Å². The van der Waals surface area contributed by atoms with Crippen LogP contribution >= 0.6 is 0 Å². The lowest BCUT2D eigenvalue weighted by atomic mass is 10.1. The molecule has 1 rings (SSSR count). The minimum Gasteiger partial charge on any atom is -0.459 e. The molecule has 0 aliphatic carbocycles. The van der Waals surface area contributed by atoms with Gasteiger partial charge in [0.25, 0.3) is 5.91 Å². The van der Waals surface area contributed by atoms with E-state index < -0.39 is 6.04 Å². The van der Waals surface area contributed by atoms with Crippen molar-refractivity contribution in [1.29, 1.82) is 0 Å². The van der Waals surface area contributed by atoms with Crippen LogP contribution in [0, 0.1) is 0 Å². The minimum absolute atomic E-state index is 0.113. The van der Waals surface area contributed by atoms with E-state index >= 15 is 0 Å². The van der Waals surface area contributed by atoms with Gasteiger partial charge in [-0.2, -0.15) is 0 Å². The number of hydrogen-bond acceptors (Lipinski definition) is 7. The Morgan fingerprint density at radius 3 is 2.17 bits per heavy atom. The van der Waals surface area contributed by atoms with E-state index in [1.807, 2.05) is 0 Å². The molecule has 0 bridgehead atoms. The van der Waals surface area contributed by atoms with E-state index in [9.17, 15) is 9.59 Å². The number of amides is 2. The summed E-state index contributed by atoms with van der Waals surface area (Å²) < 4.78 is 5.02. The van der Waals surface area contributed by atoms with Crippen molar-refractivity contribution in [3.63, 3.8) is 0 Å². The highest BCUT2D eigenvalue weighted by Gasteiger charge is 2.12. The molecule has 1 atom stereocenters. The molecule has 8 N–H and O–H groups in total. The Morgan fingerprint density at radius 2 is 1.50 bits per heavy atom. The second-order valence-electron chi connectivity index (χ2n) is 7.33. The van der Waals surface area contributed by atoms with Gasteiger partial charge in [-0.3, -0.25) is 9.59 Å². The fourth-order valence-corrected chi connectivity index (χ4v) is 2.85. The molecule has 0 unspecified atom stereocenters. The van der Waals surface area contributed by atoms with Crippen LogP contribution in [0.5, 0.6) is 0 Å². The fraction of sp³-hybridized carbons (Fsp3) is 0.714. The molecule has 9 heteroatoms. The van der Waals surface area contributed by atoms with Crippen molar-refractivity contribution in [3.05, 3.63) is 24.2 Å². The maximum absolute atomic E-state index is 12.0. The topological polar surface area (TPSA) is 147 Å². The van der Waals surface area contributed by atoms with Crippen molar-refractivity contribution in [2.45, 2.75) is 51.0 Å². The van der Waals surface area contributed by atoms with Crippen LogP contribution in [0.4, 0.5) is 0 Å². The molecule has 0 saturated carbocycles. The number of hydrogen-bond donors (Lipinski definition) is 6. The quantitative estimate of drug-likeness (QED) is 0.175. The smallest absolute Gasteiger partial charge is 0.286 e. The van der Waals surface area contributed by atoms with E-state index in [4.69, 9.17) is 15.9 Å². The molecule has 0 aliphatic heterocycles. The van der Waals surface area contributed by atoms with Gasteiger partial charge in [-0.25, -0.2) is 0 Å². The minimum atomic E-state index is -0.509. The lowest BCUT2D eigenvalue weighted by Crippen LogP contribution is -2.41. The van der Waals surface area contributed by atoms with Crippen molar-refractivity contribution < 1.29 is 14.0 Å². The molecule has 30 heavy (non-hydrogen) atoms. The average molecular weight is 425 g/mol. The van der Waals surface area contributed by atoms with Crippen molar-refractivity contribution in [2.24, 2.45) is 11.5 Å². The van der Waals surface area contributed by atoms with Gasteiger partial charge in [0.15, 0.2) is 5.76 Å². The van der Waals surface area contributed by atoms with Crippen LogP contribution in [0.3, 0.4) is 0 Å². The molecule has 0 radical (unpaired) electrons. The third-order valence-corrected chi connectivity index (χ3v) is 4.65. The number of unbranched alkanes of at least 4 members (excludes halogenated alkanes) is 2. The van der Waals surface area contributed by atoms with Gasteiger partial charge in [0.2, 0.25) is 5.91 Å². The molecule has 1 aromatic heterocycles. The molecular formula is C21H40N6O3. The van der Waals surface area contributed by atoms with Gasteiger partial charge in [0.1, 0.15) is 0 Å². The van der Waals surface area contributed by atoms with Gasteiger partial charge in [-0.15, -0.1) is 0 Å². The largest absolute Gasteiger partial charge is 0.459 e. The number of carbonyl (C=O) groups excluding carboxylic acids is 2. The predicted octanol–water partition coefficient (Wildman–Crippen LogP) is 0.322. The maximum Gasteiger partial charge on any atom is 0.286 e. The first-order valence-electron chi connectivity index (χ1n) is 11.1. The molecular weight excluding hydrogens is 384 g/mol. The predicted molar refractivity (Wildman–Crippen MR) is 119 cm³/mol. The average Bonchev–Trinajstić information content (AvgIpc) is 3.29. The third kappa shape index (κ3) is 13.3. The Morgan fingerprint density at radius 1 is 0.867 bits per heavy atom. The lowest BCUT2D eigenvalue weighted by molar-refractivity contribution is -0.122. The zero-order valence-electron chi connectivity index (χ0n) is 18.1. The number of nitrogens with two attached hydrogens (primary N) is 2. The van der Waals surface area contributed by atoms with E-state index in [1.165, 1.54) is 6.26 Å². The number of carbonyl (C=O) groups is 2. The number of nitrogens with one attached hydrogen (secondary N) is 4. The van der Waals surface area contributed by atoms with E-state index in [0.29, 0.717) is 25.3 Å². The Balaban J connectivity index is 1.87. The number of rotatable bonds is 19. The molecule has 0 fully saturated rings. The van der Waals surface area contributed by atoms with Crippen molar-refractivity contribution in [1.82, 2.24) is 21.3 Å². The van der Waals surface area contributed by atoms with E-state index in [-0.39, 0.29) is 11.8 Å². The van der Waals surface area contributed by atoms with E-state index in [0.717, 1.165) is 71.2 Å². The summed E-state index contributed by atoms with van der Waals surface area (Å²) in [6.07, 6.45) is 7.79. The SMILES string of the molecule is NCCCNCCCCNCCCNC(=O)[C@H](N)CCCCNC(=O)c1ccco1. The summed E-state index contributed by atoms with van der Waals surface area (Å²) in [7, 11) is 0. The van der Waals surface area contributed by atoms with Gasteiger partial charge >= 0.3 is 0 Å². The van der Waals surface area contributed by atoms with Gasteiger partial charge in [-0.1, -0.05) is 0 Å². The molecule has 172 valence electrons. The van der Waals surface area contributed by atoms with Gasteiger partial charge in [0, 0.05) is 13.1 Å². The normalized spacial score (nSPS) is 11.9. The molecule has 1 aromatic rings. The van der Waals surface area contributed by atoms with Crippen LogP contribution in [0.2, 0.25) is 0 Å². The fourth-order valence-electron chi connectivity index (χ4n) is 2.85. The first-order valence-corrected chi connectivity index (χ1v) is 11.1. The highest BCUT2D eigenvalue weighted by atomic mass is 16.3. The number of furan rings is 1. The highest BCUT2D eigenvalue weighted by molar-refractivity contribution is 5.91. The molecule has 0 aliphatic rings. The second-order valence-corrected chi connectivity index (χ2v) is 7.33. The maximum atomic E-state index is 12.0. The van der Waals surface area contributed by atoms with Crippen molar-refractivity contribution in [2.75, 3.05) is 45.8 Å². The molecule has 9 nitrogen and oxygen atoms in total. The third-order valence-electron chi connectivity index (χ3n) is 4.65. The van der Waals surface area contributed by atoms with Crippen LogP contribution in [-0.4, -0.2) is 63.7 Å². The Bertz CT molecular complexity index is 553. The molecule has 0 spiro atoms. The van der Waals surface area contributed by atoms with Crippen molar-refractivity contribution in [3.8, 4) is 0 Å². The summed E-state index contributed by atoms with van der Waals surface area (Å²) in [5.74, 6) is -0.0380. The lowest BCUT2D eigenvalue weighted by Gasteiger charge is -2.12. The summed E-state index contributed by atoms with van der Waals surface area (Å²) in [4.78, 5) is 23.7. The zero-order chi connectivity index (χ0) is 21.9. The highest BCUT2D eigenvalue weighted by Crippen LogP contribution is 2.01. The first kappa shape index (κ1) is 26.1. The van der Waals surface area contributed by atoms with E-state index in [2.05, 4.69) is 21.3 Å². The standard InChI is InChI=1S/C21H40N6O3/c22-10-6-13-24-11-3-4-12-25-14-7-16-26-20(28)18(23)8-1-2-15-27-21(29)19-9-5-17-30-19/h5,9,17-18,24-25H,1-4,6-8,10-16,22-23H2,(H,26,28)(H,27,29)/t18-/m1/s1. The Labute approximate surface area is 180 Å². The Kier molecular flexibility index (Phi) is 15.6. The van der Waals surface area contributed by atoms with Gasteiger partial charge in [-0.05, 0) is 89.8 Å².